The summed E-state index contributed by atoms with van der Waals surface area (Å²) in [5.74, 6) is 1.95. The second kappa shape index (κ2) is 5.88. The third-order valence-electron chi connectivity index (χ3n) is 2.57. The maximum absolute atomic E-state index is 5.69. The Morgan fingerprint density at radius 2 is 2.19 bits per heavy atom. The Balaban J connectivity index is 1.70. The average Bonchev–Trinajstić information content (AvgIpc) is 2.94. The van der Waals surface area contributed by atoms with E-state index in [0.29, 0.717) is 28.4 Å². The largest absolute Gasteiger partial charge is 0.384 e. The lowest BCUT2D eigenvalue weighted by atomic mass is 10.3. The Morgan fingerprint density at radius 1 is 1.29 bits per heavy atom. The number of rotatable bonds is 4. The molecule has 0 atom stereocenters. The molecule has 3 heterocycles. The molecule has 0 bridgehead atoms. The van der Waals surface area contributed by atoms with E-state index < -0.39 is 0 Å². The zero-order chi connectivity index (χ0) is 14.7. The fourth-order valence-corrected chi connectivity index (χ4v) is 2.43. The summed E-state index contributed by atoms with van der Waals surface area (Å²) in [6.45, 7) is 1.87. The van der Waals surface area contributed by atoms with Gasteiger partial charge in [-0.2, -0.15) is 4.98 Å². The number of hydrogen-bond acceptors (Lipinski definition) is 8. The molecule has 3 rings (SSSR count). The molecule has 0 unspecified atom stereocenters. The minimum absolute atomic E-state index is 0.451. The second-order valence-corrected chi connectivity index (χ2v) is 5.20. The van der Waals surface area contributed by atoms with Gasteiger partial charge in [-0.05, 0) is 19.1 Å². The van der Waals surface area contributed by atoms with E-state index >= 15 is 0 Å². The molecule has 0 aliphatic rings. The van der Waals surface area contributed by atoms with Crippen LogP contribution < -0.4 is 5.73 Å². The molecule has 0 saturated carbocycles. The average molecular weight is 300 g/mol. The summed E-state index contributed by atoms with van der Waals surface area (Å²) in [6, 6.07) is 5.42. The van der Waals surface area contributed by atoms with Crippen molar-refractivity contribution in [3.05, 3.63) is 42.2 Å². The Morgan fingerprint density at radius 3 is 2.95 bits per heavy atom. The first-order valence-corrected chi connectivity index (χ1v) is 7.16. The predicted octanol–water partition coefficient (Wildman–Crippen LogP) is 2.10. The Bertz CT molecular complexity index is 725. The number of thioether (sulfide) groups is 1. The first-order chi connectivity index (χ1) is 10.2. The lowest BCUT2D eigenvalue weighted by Gasteiger charge is -2.00. The van der Waals surface area contributed by atoms with Crippen LogP contribution in [0.5, 0.6) is 0 Å². The molecule has 0 aliphatic carbocycles. The summed E-state index contributed by atoms with van der Waals surface area (Å²) in [4.78, 5) is 16.8. The summed E-state index contributed by atoms with van der Waals surface area (Å²) in [5.41, 5.74) is 7.32. The molecular weight excluding hydrogens is 288 g/mol. The van der Waals surface area contributed by atoms with Crippen molar-refractivity contribution in [3.8, 4) is 11.4 Å². The lowest BCUT2D eigenvalue weighted by molar-refractivity contribution is 0.391. The van der Waals surface area contributed by atoms with Gasteiger partial charge in [0.1, 0.15) is 5.82 Å². The molecule has 21 heavy (non-hydrogen) atoms. The molecule has 3 aromatic rings. The fourth-order valence-electron chi connectivity index (χ4n) is 1.68. The van der Waals surface area contributed by atoms with Crippen LogP contribution in [0.15, 0.2) is 40.3 Å². The van der Waals surface area contributed by atoms with E-state index in [-0.39, 0.29) is 0 Å². The van der Waals surface area contributed by atoms with E-state index in [1.54, 1.807) is 18.5 Å². The van der Waals surface area contributed by atoms with Gasteiger partial charge in [0.15, 0.2) is 5.16 Å². The van der Waals surface area contributed by atoms with Crippen LogP contribution in [0.3, 0.4) is 0 Å². The Labute approximate surface area is 125 Å². The van der Waals surface area contributed by atoms with E-state index in [9.17, 15) is 0 Å². The van der Waals surface area contributed by atoms with Crippen molar-refractivity contribution in [2.45, 2.75) is 17.8 Å². The topological polar surface area (TPSA) is 104 Å². The molecule has 106 valence electrons. The first-order valence-electron chi connectivity index (χ1n) is 6.17. The minimum atomic E-state index is 0.451. The van der Waals surface area contributed by atoms with Gasteiger partial charge in [0.2, 0.25) is 11.7 Å². The molecule has 0 fully saturated rings. The third-order valence-corrected chi connectivity index (χ3v) is 3.40. The van der Waals surface area contributed by atoms with Crippen LogP contribution in [0, 0.1) is 6.92 Å². The summed E-state index contributed by atoms with van der Waals surface area (Å²) in [7, 11) is 0. The summed E-state index contributed by atoms with van der Waals surface area (Å²) >= 11 is 1.40. The van der Waals surface area contributed by atoms with E-state index in [4.69, 9.17) is 10.3 Å². The van der Waals surface area contributed by atoms with Gasteiger partial charge in [-0.3, -0.25) is 4.98 Å². The monoisotopic (exact) mass is 300 g/mol. The number of nitrogen functional groups attached to an aromatic ring is 1. The molecule has 2 N–H and O–H groups in total. The van der Waals surface area contributed by atoms with E-state index in [1.807, 2.05) is 19.1 Å². The van der Waals surface area contributed by atoms with Crippen molar-refractivity contribution in [1.29, 1.82) is 0 Å². The van der Waals surface area contributed by atoms with Gasteiger partial charge in [0, 0.05) is 29.7 Å². The van der Waals surface area contributed by atoms with Crippen molar-refractivity contribution < 1.29 is 4.52 Å². The fraction of sp³-hybridized carbons (Fsp3) is 0.154. The highest BCUT2D eigenvalue weighted by atomic mass is 32.2. The number of nitrogens with zero attached hydrogens (tertiary/aromatic N) is 5. The van der Waals surface area contributed by atoms with Crippen LogP contribution in [0.25, 0.3) is 11.4 Å². The van der Waals surface area contributed by atoms with Crippen LogP contribution in [-0.2, 0) is 5.75 Å². The number of aromatic nitrogens is 5. The molecule has 7 nitrogen and oxygen atoms in total. The Kier molecular flexibility index (Phi) is 3.78. The van der Waals surface area contributed by atoms with E-state index in [1.165, 1.54) is 11.8 Å². The van der Waals surface area contributed by atoms with Crippen molar-refractivity contribution >= 4 is 17.6 Å². The maximum Gasteiger partial charge on any atom is 0.237 e. The normalized spacial score (nSPS) is 10.7. The van der Waals surface area contributed by atoms with Gasteiger partial charge in [-0.15, -0.1) is 0 Å². The summed E-state index contributed by atoms with van der Waals surface area (Å²) in [5, 5.41) is 4.52. The number of anilines is 1. The molecular formula is C13H12N6OS. The molecule has 8 heteroatoms. The smallest absolute Gasteiger partial charge is 0.237 e. The zero-order valence-electron chi connectivity index (χ0n) is 11.2. The highest BCUT2D eigenvalue weighted by Crippen LogP contribution is 2.21. The molecule has 0 aliphatic heterocycles. The minimum Gasteiger partial charge on any atom is -0.384 e. The van der Waals surface area contributed by atoms with Crippen molar-refractivity contribution in [3.63, 3.8) is 0 Å². The van der Waals surface area contributed by atoms with Crippen LogP contribution in [-0.4, -0.2) is 25.1 Å². The number of aryl methyl sites for hydroxylation is 1. The standard InChI is InChI=1S/C13H12N6OS/c1-8-5-10(14)17-13(16-8)21-7-11-18-12(19-20-11)9-3-2-4-15-6-9/h2-6H,7H2,1H3,(H2,14,16,17). The van der Waals surface area contributed by atoms with E-state index in [2.05, 4.69) is 25.1 Å². The molecule has 0 amide bonds. The molecule has 0 spiro atoms. The maximum atomic E-state index is 5.69. The number of hydrogen-bond donors (Lipinski definition) is 1. The van der Waals surface area contributed by atoms with Gasteiger partial charge in [-0.25, -0.2) is 9.97 Å². The van der Waals surface area contributed by atoms with Crippen LogP contribution in [0.4, 0.5) is 5.82 Å². The van der Waals surface area contributed by atoms with Crippen molar-refractivity contribution in [1.82, 2.24) is 25.1 Å². The van der Waals surface area contributed by atoms with Crippen LogP contribution in [0.2, 0.25) is 0 Å². The van der Waals surface area contributed by atoms with Gasteiger partial charge in [0.25, 0.3) is 0 Å². The predicted molar refractivity (Wildman–Crippen MR) is 78.3 cm³/mol. The second-order valence-electron chi connectivity index (χ2n) is 4.26. The van der Waals surface area contributed by atoms with E-state index in [0.717, 1.165) is 11.3 Å². The van der Waals surface area contributed by atoms with Gasteiger partial charge in [-0.1, -0.05) is 16.9 Å². The van der Waals surface area contributed by atoms with Gasteiger partial charge in [0.05, 0.1) is 5.75 Å². The molecule has 0 aromatic carbocycles. The van der Waals surface area contributed by atoms with Gasteiger partial charge >= 0.3 is 0 Å². The first kappa shape index (κ1) is 13.5. The molecule has 3 aromatic heterocycles. The SMILES string of the molecule is Cc1cc(N)nc(SCc2nc(-c3cccnc3)no2)n1. The number of nitrogens with two attached hydrogens (primary N) is 1. The Hall–Kier alpha value is -2.48. The summed E-state index contributed by atoms with van der Waals surface area (Å²) < 4.78 is 5.20. The third kappa shape index (κ3) is 3.34. The molecule has 0 saturated heterocycles. The lowest BCUT2D eigenvalue weighted by Crippen LogP contribution is -1.96. The molecule has 0 radical (unpaired) electrons. The quantitative estimate of drug-likeness (QED) is 0.577. The van der Waals surface area contributed by atoms with Crippen molar-refractivity contribution in [2.24, 2.45) is 0 Å². The summed E-state index contributed by atoms with van der Waals surface area (Å²) in [6.07, 6.45) is 3.38. The van der Waals surface area contributed by atoms with Gasteiger partial charge < -0.3 is 10.3 Å². The zero-order valence-corrected chi connectivity index (χ0v) is 12.0. The highest BCUT2D eigenvalue weighted by molar-refractivity contribution is 7.98. The number of pyridine rings is 1. The highest BCUT2D eigenvalue weighted by Gasteiger charge is 2.10. The van der Waals surface area contributed by atoms with Crippen LogP contribution in [0.1, 0.15) is 11.6 Å². The van der Waals surface area contributed by atoms with Crippen molar-refractivity contribution in [2.75, 3.05) is 5.73 Å². The van der Waals surface area contributed by atoms with Crippen LogP contribution >= 0.6 is 11.8 Å².